The van der Waals surface area contributed by atoms with E-state index in [1.165, 1.54) is 10.4 Å². The second-order valence-corrected chi connectivity index (χ2v) is 5.97. The molecule has 1 aliphatic rings. The number of anilines is 1. The number of rotatable bonds is 3. The monoisotopic (exact) mass is 282 g/mol. The molecule has 1 aromatic carbocycles. The molecule has 0 bridgehead atoms. The maximum absolute atomic E-state index is 5.50. The van der Waals surface area contributed by atoms with Crippen LogP contribution in [0.3, 0.4) is 0 Å². The summed E-state index contributed by atoms with van der Waals surface area (Å²) in [6.45, 7) is 0.811. The van der Waals surface area contributed by atoms with Crippen molar-refractivity contribution in [2.75, 3.05) is 5.32 Å². The molecule has 1 aliphatic carbocycles. The molecular formula is C16H14N2OS. The molecule has 3 nitrogen and oxygen atoms in total. The Kier molecular flexibility index (Phi) is 2.81. The molecule has 0 fully saturated rings. The maximum atomic E-state index is 5.50. The Labute approximate surface area is 121 Å². The molecule has 0 amide bonds. The molecule has 2 heterocycles. The quantitative estimate of drug-likeness (QED) is 0.785. The van der Waals surface area contributed by atoms with Gasteiger partial charge in [-0.15, -0.1) is 11.3 Å². The molecule has 2 aromatic heterocycles. The molecule has 1 N–H and O–H groups in total. The van der Waals surface area contributed by atoms with E-state index in [2.05, 4.69) is 29.6 Å². The molecule has 0 atom stereocenters. The van der Waals surface area contributed by atoms with Gasteiger partial charge in [0.2, 0.25) is 0 Å². The topological polar surface area (TPSA) is 38.1 Å². The number of hydrogen-bond donors (Lipinski definition) is 1. The standard InChI is InChI=1S/C16H14N2OS/c1-2-4-11(5-3-1)10-17-16-18-15-12-8-9-19-13(12)6-7-14(15)20-16/h1-5,8-9H,6-7,10H2,(H,17,18). The van der Waals surface area contributed by atoms with Gasteiger partial charge in [-0.05, 0) is 18.1 Å². The highest BCUT2D eigenvalue weighted by Crippen LogP contribution is 2.38. The molecule has 0 saturated heterocycles. The molecule has 100 valence electrons. The number of benzene rings is 1. The summed E-state index contributed by atoms with van der Waals surface area (Å²) in [5.41, 5.74) is 3.53. The zero-order valence-electron chi connectivity index (χ0n) is 10.9. The van der Waals surface area contributed by atoms with Crippen LogP contribution in [0.25, 0.3) is 11.3 Å². The lowest BCUT2D eigenvalue weighted by Gasteiger charge is -2.07. The van der Waals surface area contributed by atoms with Crippen LogP contribution in [0, 0.1) is 0 Å². The highest BCUT2D eigenvalue weighted by Gasteiger charge is 2.22. The Morgan fingerprint density at radius 1 is 1.15 bits per heavy atom. The van der Waals surface area contributed by atoms with Crippen LogP contribution < -0.4 is 5.32 Å². The van der Waals surface area contributed by atoms with Gasteiger partial charge in [0.25, 0.3) is 0 Å². The first kappa shape index (κ1) is 11.7. The summed E-state index contributed by atoms with van der Waals surface area (Å²) in [5, 5.41) is 4.41. The van der Waals surface area contributed by atoms with E-state index in [1.54, 1.807) is 17.6 Å². The second kappa shape index (κ2) is 4.80. The third-order valence-electron chi connectivity index (χ3n) is 3.56. The lowest BCUT2D eigenvalue weighted by atomic mass is 10.0. The summed E-state index contributed by atoms with van der Waals surface area (Å²) in [5.74, 6) is 1.07. The first-order valence-corrected chi connectivity index (χ1v) is 7.56. The minimum atomic E-state index is 0.811. The van der Waals surface area contributed by atoms with Crippen molar-refractivity contribution in [2.45, 2.75) is 19.4 Å². The zero-order valence-corrected chi connectivity index (χ0v) is 11.7. The smallest absolute Gasteiger partial charge is 0.183 e. The third-order valence-corrected chi connectivity index (χ3v) is 4.64. The fourth-order valence-corrected chi connectivity index (χ4v) is 3.52. The van der Waals surface area contributed by atoms with Crippen molar-refractivity contribution in [2.24, 2.45) is 0 Å². The van der Waals surface area contributed by atoms with Gasteiger partial charge in [0.05, 0.1) is 12.0 Å². The van der Waals surface area contributed by atoms with Gasteiger partial charge in [-0.25, -0.2) is 4.98 Å². The SMILES string of the molecule is c1ccc(CNc2nc3c(s2)CCc2occc2-3)cc1. The van der Waals surface area contributed by atoms with E-state index >= 15 is 0 Å². The number of aromatic nitrogens is 1. The molecule has 4 heteroatoms. The normalized spacial score (nSPS) is 12.8. The lowest BCUT2D eigenvalue weighted by molar-refractivity contribution is 0.508. The number of thiazole rings is 1. The Bertz CT molecular complexity index is 730. The van der Waals surface area contributed by atoms with Gasteiger partial charge < -0.3 is 9.73 Å². The van der Waals surface area contributed by atoms with Crippen LogP contribution in [0.2, 0.25) is 0 Å². The predicted octanol–water partition coefficient (Wildman–Crippen LogP) is 4.11. The first-order valence-electron chi connectivity index (χ1n) is 6.74. The van der Waals surface area contributed by atoms with E-state index in [0.29, 0.717) is 0 Å². The zero-order chi connectivity index (χ0) is 13.4. The minimum Gasteiger partial charge on any atom is -0.469 e. The van der Waals surface area contributed by atoms with Crippen molar-refractivity contribution in [1.29, 1.82) is 0 Å². The molecule has 0 unspecified atom stereocenters. The van der Waals surface area contributed by atoms with Crippen molar-refractivity contribution >= 4 is 16.5 Å². The van der Waals surface area contributed by atoms with Crippen molar-refractivity contribution in [1.82, 2.24) is 4.98 Å². The highest BCUT2D eigenvalue weighted by atomic mass is 32.1. The first-order chi connectivity index (χ1) is 9.90. The van der Waals surface area contributed by atoms with E-state index in [1.807, 2.05) is 12.1 Å². The van der Waals surface area contributed by atoms with Gasteiger partial charge in [0, 0.05) is 23.4 Å². The van der Waals surface area contributed by atoms with E-state index in [-0.39, 0.29) is 0 Å². The Morgan fingerprint density at radius 2 is 2.05 bits per heavy atom. The van der Waals surface area contributed by atoms with E-state index < -0.39 is 0 Å². The summed E-state index contributed by atoms with van der Waals surface area (Å²) >= 11 is 1.76. The summed E-state index contributed by atoms with van der Waals surface area (Å²) in [6.07, 6.45) is 3.77. The van der Waals surface area contributed by atoms with Crippen LogP contribution in [-0.4, -0.2) is 4.98 Å². The van der Waals surface area contributed by atoms with Gasteiger partial charge in [0.1, 0.15) is 5.76 Å². The van der Waals surface area contributed by atoms with Crippen molar-refractivity contribution < 1.29 is 4.42 Å². The van der Waals surface area contributed by atoms with E-state index in [0.717, 1.165) is 41.5 Å². The Morgan fingerprint density at radius 3 is 2.95 bits per heavy atom. The summed E-state index contributed by atoms with van der Waals surface area (Å²) < 4.78 is 5.50. The van der Waals surface area contributed by atoms with Gasteiger partial charge in [-0.2, -0.15) is 0 Å². The largest absolute Gasteiger partial charge is 0.469 e. The fourth-order valence-electron chi connectivity index (χ4n) is 2.55. The number of nitrogens with one attached hydrogen (secondary N) is 1. The van der Waals surface area contributed by atoms with Crippen molar-refractivity contribution in [3.05, 3.63) is 58.9 Å². The van der Waals surface area contributed by atoms with Crippen LogP contribution >= 0.6 is 11.3 Å². The lowest BCUT2D eigenvalue weighted by Crippen LogP contribution is -1.99. The Balaban J connectivity index is 1.57. The summed E-state index contributed by atoms with van der Waals surface area (Å²) in [6, 6.07) is 12.4. The fraction of sp³-hybridized carbons (Fsp3) is 0.188. The van der Waals surface area contributed by atoms with Gasteiger partial charge in [0.15, 0.2) is 5.13 Å². The van der Waals surface area contributed by atoms with E-state index in [4.69, 9.17) is 9.40 Å². The third kappa shape index (κ3) is 2.02. The average molecular weight is 282 g/mol. The molecular weight excluding hydrogens is 268 g/mol. The van der Waals surface area contributed by atoms with Gasteiger partial charge in [-0.1, -0.05) is 30.3 Å². The minimum absolute atomic E-state index is 0.811. The van der Waals surface area contributed by atoms with Crippen LogP contribution in [0.15, 0.2) is 47.1 Å². The van der Waals surface area contributed by atoms with Crippen LogP contribution in [0.5, 0.6) is 0 Å². The van der Waals surface area contributed by atoms with Crippen LogP contribution in [0.4, 0.5) is 5.13 Å². The predicted molar refractivity (Wildman–Crippen MR) is 81.0 cm³/mol. The van der Waals surface area contributed by atoms with Gasteiger partial charge in [-0.3, -0.25) is 0 Å². The molecule has 20 heavy (non-hydrogen) atoms. The number of aryl methyl sites for hydroxylation is 2. The maximum Gasteiger partial charge on any atom is 0.183 e. The number of fused-ring (bicyclic) bond motifs is 3. The number of hydrogen-bond acceptors (Lipinski definition) is 4. The second-order valence-electron chi connectivity index (χ2n) is 4.89. The molecule has 0 saturated carbocycles. The van der Waals surface area contributed by atoms with Gasteiger partial charge >= 0.3 is 0 Å². The summed E-state index contributed by atoms with van der Waals surface area (Å²) in [4.78, 5) is 6.08. The molecule has 3 aromatic rings. The van der Waals surface area contributed by atoms with E-state index in [9.17, 15) is 0 Å². The molecule has 0 aliphatic heterocycles. The van der Waals surface area contributed by atoms with Crippen molar-refractivity contribution in [3.8, 4) is 11.3 Å². The molecule has 0 spiro atoms. The summed E-state index contributed by atoms with van der Waals surface area (Å²) in [7, 11) is 0. The highest BCUT2D eigenvalue weighted by molar-refractivity contribution is 7.16. The number of furan rings is 1. The number of nitrogens with zero attached hydrogens (tertiary/aromatic N) is 1. The molecule has 4 rings (SSSR count). The Hall–Kier alpha value is -2.07. The molecule has 0 radical (unpaired) electrons. The van der Waals surface area contributed by atoms with Crippen molar-refractivity contribution in [3.63, 3.8) is 0 Å². The average Bonchev–Trinajstić information content (AvgIpc) is 3.11. The van der Waals surface area contributed by atoms with Crippen LogP contribution in [0.1, 0.15) is 16.2 Å². The van der Waals surface area contributed by atoms with Crippen LogP contribution in [-0.2, 0) is 19.4 Å².